The predicted molar refractivity (Wildman–Crippen MR) is 75.0 cm³/mol. The number of aromatic nitrogens is 1. The molecule has 2 rings (SSSR count). The number of hydrogen-bond acceptors (Lipinski definition) is 5. The maximum atomic E-state index is 12.0. The number of nitrogens with zero attached hydrogens (tertiary/aromatic N) is 2. The first-order valence-electron chi connectivity index (χ1n) is 5.60. The van der Waals surface area contributed by atoms with Crippen molar-refractivity contribution < 1.29 is 14.0 Å². The Hall–Kier alpha value is -2.36. The molecule has 106 valence electrons. The Morgan fingerprint density at radius 1 is 1.29 bits per heavy atom. The van der Waals surface area contributed by atoms with Crippen molar-refractivity contribution in [2.75, 3.05) is 5.32 Å². The third-order valence-corrected chi connectivity index (χ3v) is 2.90. The van der Waals surface area contributed by atoms with Crippen LogP contribution in [0.5, 0.6) is 0 Å². The molecule has 0 radical (unpaired) electrons. The predicted octanol–water partition coefficient (Wildman–Crippen LogP) is 2.94. The number of benzene rings is 1. The van der Waals surface area contributed by atoms with Crippen LogP contribution in [0.3, 0.4) is 0 Å². The van der Waals surface area contributed by atoms with Crippen molar-refractivity contribution in [3.63, 3.8) is 0 Å². The summed E-state index contributed by atoms with van der Waals surface area (Å²) in [6.45, 7) is 0. The van der Waals surface area contributed by atoms with Crippen molar-refractivity contribution in [2.45, 2.75) is 0 Å². The van der Waals surface area contributed by atoms with Crippen LogP contribution in [-0.4, -0.2) is 16.7 Å². The molecule has 0 unspecified atom stereocenters. The van der Waals surface area contributed by atoms with E-state index in [9.17, 15) is 9.59 Å². The number of Topliss-reactive ketones (excluding diaryl/α,β-unsaturated/α-hetero) is 1. The minimum atomic E-state index is -1.55. The molecule has 1 amide bonds. The molecule has 0 bridgehead atoms. The highest BCUT2D eigenvalue weighted by Gasteiger charge is 2.29. The van der Waals surface area contributed by atoms with Gasteiger partial charge in [-0.2, -0.15) is 5.26 Å². The zero-order chi connectivity index (χ0) is 15.4. The van der Waals surface area contributed by atoms with Gasteiger partial charge in [-0.25, -0.2) is 4.98 Å². The molecule has 0 aliphatic carbocycles. The Bertz CT molecular complexity index is 703. The zero-order valence-corrected chi connectivity index (χ0v) is 11.9. The molecule has 0 aliphatic heterocycles. The van der Waals surface area contributed by atoms with Crippen molar-refractivity contribution in [3.05, 3.63) is 46.6 Å². The van der Waals surface area contributed by atoms with Crippen LogP contribution in [0.4, 0.5) is 5.69 Å². The second-order valence-corrected chi connectivity index (χ2v) is 4.82. The summed E-state index contributed by atoms with van der Waals surface area (Å²) in [4.78, 5) is 27.6. The van der Waals surface area contributed by atoms with Crippen LogP contribution in [0.15, 0.2) is 35.3 Å². The summed E-state index contributed by atoms with van der Waals surface area (Å²) in [6, 6.07) is 6.01. The molecular formula is C13H7Cl2N3O3. The summed E-state index contributed by atoms with van der Waals surface area (Å²) in [7, 11) is 0. The van der Waals surface area contributed by atoms with Crippen molar-refractivity contribution in [1.29, 1.82) is 5.26 Å². The topological polar surface area (TPSA) is 96.0 Å². The maximum Gasteiger partial charge on any atom is 0.249 e. The van der Waals surface area contributed by atoms with Gasteiger partial charge < -0.3 is 9.73 Å². The number of nitriles is 1. The standard InChI is InChI=1S/C13H7Cl2N3O3/c14-7-1-8(15)3-9(2-7)18-13(20)10(4-16)12(19)11-5-21-6-17-11/h1-3,5-6,10H,(H,18,20)/t10-/m1/s1. The van der Waals surface area contributed by atoms with Crippen LogP contribution in [0.1, 0.15) is 10.5 Å². The molecule has 1 aromatic carbocycles. The highest BCUT2D eigenvalue weighted by molar-refractivity contribution is 6.35. The molecule has 1 atom stereocenters. The van der Waals surface area contributed by atoms with Gasteiger partial charge in [0.25, 0.3) is 0 Å². The minimum absolute atomic E-state index is 0.0965. The van der Waals surface area contributed by atoms with E-state index in [4.69, 9.17) is 28.5 Å². The molecule has 0 aliphatic rings. The lowest BCUT2D eigenvalue weighted by atomic mass is 10.0. The van der Waals surface area contributed by atoms with Crippen molar-refractivity contribution in [1.82, 2.24) is 4.98 Å². The fourth-order valence-corrected chi connectivity index (χ4v) is 2.08. The molecule has 8 heteroatoms. The van der Waals surface area contributed by atoms with E-state index < -0.39 is 17.6 Å². The summed E-state index contributed by atoms with van der Waals surface area (Å²) in [6.07, 6.45) is 2.10. The Morgan fingerprint density at radius 2 is 1.95 bits per heavy atom. The summed E-state index contributed by atoms with van der Waals surface area (Å²) in [5.41, 5.74) is 0.187. The lowest BCUT2D eigenvalue weighted by molar-refractivity contribution is -0.117. The van der Waals surface area contributed by atoms with E-state index in [2.05, 4.69) is 14.7 Å². The van der Waals surface area contributed by atoms with E-state index in [0.29, 0.717) is 10.0 Å². The Labute approximate surface area is 129 Å². The number of amides is 1. The first-order chi connectivity index (χ1) is 10.0. The third-order valence-electron chi connectivity index (χ3n) is 2.47. The number of oxazole rings is 1. The van der Waals surface area contributed by atoms with Crippen LogP contribution in [0, 0.1) is 17.2 Å². The largest absolute Gasteiger partial charge is 0.451 e. The van der Waals surface area contributed by atoms with E-state index in [1.165, 1.54) is 18.2 Å². The smallest absolute Gasteiger partial charge is 0.249 e. The zero-order valence-electron chi connectivity index (χ0n) is 10.3. The molecular weight excluding hydrogens is 317 g/mol. The molecule has 6 nitrogen and oxygen atoms in total. The number of nitrogens with one attached hydrogen (secondary N) is 1. The van der Waals surface area contributed by atoms with E-state index in [1.54, 1.807) is 6.07 Å². The number of carbonyl (C=O) groups is 2. The van der Waals surface area contributed by atoms with Gasteiger partial charge in [-0.15, -0.1) is 0 Å². The number of rotatable bonds is 4. The van der Waals surface area contributed by atoms with Gasteiger partial charge in [0.15, 0.2) is 12.3 Å². The first kappa shape index (κ1) is 15.0. The molecule has 0 spiro atoms. The van der Waals surface area contributed by atoms with Gasteiger partial charge in [0.2, 0.25) is 11.7 Å². The summed E-state index contributed by atoms with van der Waals surface area (Å²) >= 11 is 11.6. The van der Waals surface area contributed by atoms with Crippen LogP contribution < -0.4 is 5.32 Å². The van der Waals surface area contributed by atoms with E-state index >= 15 is 0 Å². The fourth-order valence-electron chi connectivity index (χ4n) is 1.56. The monoisotopic (exact) mass is 323 g/mol. The Kier molecular flexibility index (Phi) is 4.58. The molecule has 21 heavy (non-hydrogen) atoms. The molecule has 1 heterocycles. The van der Waals surface area contributed by atoms with Gasteiger partial charge in [0.05, 0.1) is 6.07 Å². The first-order valence-corrected chi connectivity index (χ1v) is 6.36. The van der Waals surface area contributed by atoms with E-state index in [0.717, 1.165) is 12.7 Å². The number of halogens is 2. The quantitative estimate of drug-likeness (QED) is 0.689. The van der Waals surface area contributed by atoms with Gasteiger partial charge >= 0.3 is 0 Å². The summed E-state index contributed by atoms with van der Waals surface area (Å²) in [5.74, 6) is -3.10. The Balaban J connectivity index is 2.18. The number of ketones is 1. The van der Waals surface area contributed by atoms with Gasteiger partial charge in [-0.05, 0) is 18.2 Å². The average molecular weight is 324 g/mol. The number of hydrogen-bond donors (Lipinski definition) is 1. The van der Waals surface area contributed by atoms with Gasteiger partial charge in [0, 0.05) is 15.7 Å². The van der Waals surface area contributed by atoms with Crippen molar-refractivity contribution in [3.8, 4) is 6.07 Å². The lowest BCUT2D eigenvalue weighted by Crippen LogP contribution is -2.28. The van der Waals surface area contributed by atoms with Crippen LogP contribution in [0.2, 0.25) is 10.0 Å². The highest BCUT2D eigenvalue weighted by atomic mass is 35.5. The van der Waals surface area contributed by atoms with E-state index in [-0.39, 0.29) is 11.4 Å². The highest BCUT2D eigenvalue weighted by Crippen LogP contribution is 2.23. The molecule has 0 saturated heterocycles. The van der Waals surface area contributed by atoms with Crippen LogP contribution >= 0.6 is 23.2 Å². The van der Waals surface area contributed by atoms with Gasteiger partial charge in [-0.3, -0.25) is 9.59 Å². The van der Waals surface area contributed by atoms with Crippen LogP contribution in [0.25, 0.3) is 0 Å². The second-order valence-electron chi connectivity index (χ2n) is 3.95. The lowest BCUT2D eigenvalue weighted by Gasteiger charge is -2.09. The molecule has 1 N–H and O–H groups in total. The normalized spacial score (nSPS) is 11.5. The van der Waals surface area contributed by atoms with E-state index in [1.807, 2.05) is 0 Å². The summed E-state index contributed by atoms with van der Waals surface area (Å²) in [5, 5.41) is 12.0. The maximum absolute atomic E-state index is 12.0. The van der Waals surface area contributed by atoms with Crippen molar-refractivity contribution >= 4 is 40.6 Å². The van der Waals surface area contributed by atoms with Gasteiger partial charge in [-0.1, -0.05) is 23.2 Å². The minimum Gasteiger partial charge on any atom is -0.451 e. The molecule has 2 aromatic rings. The molecule has 0 saturated carbocycles. The van der Waals surface area contributed by atoms with Crippen LogP contribution in [-0.2, 0) is 4.79 Å². The SMILES string of the molecule is N#C[C@@H](C(=O)Nc1cc(Cl)cc(Cl)c1)C(=O)c1cocn1. The van der Waals surface area contributed by atoms with Gasteiger partial charge in [0.1, 0.15) is 12.0 Å². The Morgan fingerprint density at radius 3 is 2.48 bits per heavy atom. The molecule has 0 fully saturated rings. The number of anilines is 1. The molecule has 1 aromatic heterocycles. The number of carbonyl (C=O) groups excluding carboxylic acids is 2. The third kappa shape index (κ3) is 3.60. The fraction of sp³-hybridized carbons (Fsp3) is 0.0769. The summed E-state index contributed by atoms with van der Waals surface area (Å²) < 4.78 is 4.65. The average Bonchev–Trinajstić information content (AvgIpc) is 2.91. The van der Waals surface area contributed by atoms with Crippen molar-refractivity contribution in [2.24, 2.45) is 5.92 Å². The second kappa shape index (κ2) is 6.39.